The fraction of sp³-hybridized carbons (Fsp3) is 0.462. The minimum atomic E-state index is -0.549. The molecule has 0 heterocycles. The van der Waals surface area contributed by atoms with Crippen molar-refractivity contribution in [3.05, 3.63) is 71.5 Å². The van der Waals surface area contributed by atoms with Crippen molar-refractivity contribution in [3.8, 4) is 0 Å². The maximum Gasteiger partial charge on any atom is 0.407 e. The number of ether oxygens (including phenoxy) is 1. The molecule has 0 unspecified atom stereocenters. The van der Waals surface area contributed by atoms with Gasteiger partial charge >= 0.3 is 6.09 Å². The lowest BCUT2D eigenvalue weighted by atomic mass is 10.1. The molecule has 7 heteroatoms. The SMILES string of the molecule is CN(Cc1ccccc1)[C@@H](CCCNC(=O)OC(C)(C)C)C(=O)NCCc1ccc(F)cc1. The van der Waals surface area contributed by atoms with Gasteiger partial charge < -0.3 is 15.4 Å². The Kier molecular flexibility index (Phi) is 10.3. The normalized spacial score (nSPS) is 12.3. The summed E-state index contributed by atoms with van der Waals surface area (Å²) in [4.78, 5) is 26.9. The maximum absolute atomic E-state index is 13.1. The van der Waals surface area contributed by atoms with Crippen molar-refractivity contribution in [2.24, 2.45) is 0 Å². The second-order valence-corrected chi connectivity index (χ2v) is 9.15. The Bertz CT molecular complexity index is 867. The summed E-state index contributed by atoms with van der Waals surface area (Å²) in [5.74, 6) is -0.335. The van der Waals surface area contributed by atoms with Crippen LogP contribution in [0.1, 0.15) is 44.7 Å². The van der Waals surface area contributed by atoms with Crippen molar-refractivity contribution in [1.82, 2.24) is 15.5 Å². The summed E-state index contributed by atoms with van der Waals surface area (Å²) in [5, 5.41) is 5.76. The van der Waals surface area contributed by atoms with Crippen molar-refractivity contribution in [3.63, 3.8) is 0 Å². The molecular formula is C26H36FN3O3. The molecule has 6 nitrogen and oxygen atoms in total. The lowest BCUT2D eigenvalue weighted by Gasteiger charge is -2.27. The van der Waals surface area contributed by atoms with Crippen molar-refractivity contribution in [1.29, 1.82) is 0 Å². The van der Waals surface area contributed by atoms with Crippen molar-refractivity contribution < 1.29 is 18.7 Å². The number of benzene rings is 2. The summed E-state index contributed by atoms with van der Waals surface area (Å²) in [5.41, 5.74) is 1.54. The van der Waals surface area contributed by atoms with Gasteiger partial charge in [0.1, 0.15) is 11.4 Å². The van der Waals surface area contributed by atoms with E-state index in [4.69, 9.17) is 4.74 Å². The van der Waals surface area contributed by atoms with Crippen LogP contribution in [0, 0.1) is 5.82 Å². The van der Waals surface area contributed by atoms with E-state index in [-0.39, 0.29) is 17.8 Å². The summed E-state index contributed by atoms with van der Waals surface area (Å²) in [6.07, 6.45) is 1.39. The zero-order valence-electron chi connectivity index (χ0n) is 20.1. The molecule has 0 bridgehead atoms. The molecule has 2 rings (SSSR count). The molecule has 0 aromatic heterocycles. The molecule has 2 N–H and O–H groups in total. The maximum atomic E-state index is 13.1. The Morgan fingerprint density at radius 1 is 0.970 bits per heavy atom. The number of hydrogen-bond donors (Lipinski definition) is 2. The summed E-state index contributed by atoms with van der Waals surface area (Å²) < 4.78 is 18.3. The lowest BCUT2D eigenvalue weighted by Crippen LogP contribution is -2.45. The molecule has 0 saturated heterocycles. The zero-order valence-corrected chi connectivity index (χ0v) is 20.1. The molecule has 180 valence electrons. The Labute approximate surface area is 196 Å². The summed E-state index contributed by atoms with van der Waals surface area (Å²) in [7, 11) is 1.93. The first-order valence-corrected chi connectivity index (χ1v) is 11.4. The standard InChI is InChI=1S/C26H36FN3O3/c1-26(2,3)33-25(32)29-17-8-11-23(30(4)19-21-9-6-5-7-10-21)24(31)28-18-16-20-12-14-22(27)15-13-20/h5-7,9-10,12-15,23H,8,11,16-19H2,1-4H3,(H,28,31)(H,29,32)/t23-/m0/s1. The van der Waals surface area contributed by atoms with Gasteiger partial charge in [0.05, 0.1) is 6.04 Å². The summed E-state index contributed by atoms with van der Waals surface area (Å²) >= 11 is 0. The first-order valence-electron chi connectivity index (χ1n) is 11.4. The van der Waals surface area contributed by atoms with Gasteiger partial charge in [0.2, 0.25) is 5.91 Å². The minimum absolute atomic E-state index is 0.0622. The Morgan fingerprint density at radius 2 is 1.64 bits per heavy atom. The molecule has 0 aliphatic heterocycles. The fourth-order valence-corrected chi connectivity index (χ4v) is 3.43. The Hall–Kier alpha value is -2.93. The molecule has 1 atom stereocenters. The highest BCUT2D eigenvalue weighted by Gasteiger charge is 2.23. The van der Waals surface area contributed by atoms with Crippen LogP contribution in [0.15, 0.2) is 54.6 Å². The smallest absolute Gasteiger partial charge is 0.407 e. The third-order valence-corrected chi connectivity index (χ3v) is 5.06. The van der Waals surface area contributed by atoms with Gasteiger partial charge in [-0.3, -0.25) is 9.69 Å². The predicted octanol–water partition coefficient (Wildman–Crippen LogP) is 4.29. The molecule has 0 aliphatic rings. The van der Waals surface area contributed by atoms with Gasteiger partial charge in [-0.05, 0) is 70.3 Å². The van der Waals surface area contributed by atoms with Gasteiger partial charge in [0, 0.05) is 19.6 Å². The molecule has 2 aromatic rings. The van der Waals surface area contributed by atoms with Gasteiger partial charge in [-0.1, -0.05) is 42.5 Å². The highest BCUT2D eigenvalue weighted by atomic mass is 19.1. The molecule has 0 radical (unpaired) electrons. The van der Waals surface area contributed by atoms with E-state index in [0.717, 1.165) is 11.1 Å². The lowest BCUT2D eigenvalue weighted by molar-refractivity contribution is -0.126. The van der Waals surface area contributed by atoms with E-state index in [0.29, 0.717) is 38.9 Å². The number of nitrogens with one attached hydrogen (secondary N) is 2. The van der Waals surface area contributed by atoms with Gasteiger partial charge in [0.25, 0.3) is 0 Å². The molecule has 0 saturated carbocycles. The molecule has 0 fully saturated rings. The fourth-order valence-electron chi connectivity index (χ4n) is 3.43. The van der Waals surface area contributed by atoms with E-state index in [1.807, 2.05) is 63.1 Å². The van der Waals surface area contributed by atoms with Crippen molar-refractivity contribution in [2.45, 2.75) is 58.2 Å². The monoisotopic (exact) mass is 457 g/mol. The van der Waals surface area contributed by atoms with Crippen molar-refractivity contribution >= 4 is 12.0 Å². The molecule has 2 amide bonds. The molecule has 0 spiro atoms. The van der Waals surface area contributed by atoms with Crippen LogP contribution in [0.4, 0.5) is 9.18 Å². The molecular weight excluding hydrogens is 421 g/mol. The van der Waals surface area contributed by atoms with Gasteiger partial charge in [-0.15, -0.1) is 0 Å². The number of amides is 2. The third kappa shape index (κ3) is 10.5. The van der Waals surface area contributed by atoms with Crippen LogP contribution >= 0.6 is 0 Å². The summed E-state index contributed by atoms with van der Waals surface area (Å²) in [6.45, 7) is 6.98. The highest BCUT2D eigenvalue weighted by Crippen LogP contribution is 2.12. The number of nitrogens with zero attached hydrogens (tertiary/aromatic N) is 1. The second-order valence-electron chi connectivity index (χ2n) is 9.15. The van der Waals surface area contributed by atoms with E-state index in [1.165, 1.54) is 12.1 Å². The first-order chi connectivity index (χ1) is 15.6. The van der Waals surface area contributed by atoms with E-state index in [2.05, 4.69) is 10.6 Å². The average molecular weight is 458 g/mol. The first kappa shape index (κ1) is 26.3. The molecule has 0 aliphatic carbocycles. The third-order valence-electron chi connectivity index (χ3n) is 5.06. The van der Waals surface area contributed by atoms with Gasteiger partial charge in [0.15, 0.2) is 0 Å². The largest absolute Gasteiger partial charge is 0.444 e. The minimum Gasteiger partial charge on any atom is -0.444 e. The quantitative estimate of drug-likeness (QED) is 0.494. The van der Waals surface area contributed by atoms with Crippen molar-refractivity contribution in [2.75, 3.05) is 20.1 Å². The van der Waals surface area contributed by atoms with Crippen LogP contribution in [0.5, 0.6) is 0 Å². The topological polar surface area (TPSA) is 70.7 Å². The van der Waals surface area contributed by atoms with E-state index < -0.39 is 11.7 Å². The second kappa shape index (κ2) is 12.9. The summed E-state index contributed by atoms with van der Waals surface area (Å²) in [6, 6.07) is 15.9. The van der Waals surface area contributed by atoms with Gasteiger partial charge in [-0.2, -0.15) is 0 Å². The molecule has 33 heavy (non-hydrogen) atoms. The van der Waals surface area contributed by atoms with Crippen LogP contribution < -0.4 is 10.6 Å². The number of rotatable bonds is 11. The number of halogens is 1. The van der Waals surface area contributed by atoms with E-state index >= 15 is 0 Å². The number of carbonyl (C=O) groups is 2. The van der Waals surface area contributed by atoms with Crippen LogP contribution in [0.25, 0.3) is 0 Å². The molecule has 2 aromatic carbocycles. The van der Waals surface area contributed by atoms with Crippen LogP contribution in [-0.2, 0) is 22.5 Å². The van der Waals surface area contributed by atoms with Gasteiger partial charge in [-0.25, -0.2) is 9.18 Å². The number of carbonyl (C=O) groups excluding carboxylic acids is 2. The average Bonchev–Trinajstić information content (AvgIpc) is 2.74. The van der Waals surface area contributed by atoms with Crippen LogP contribution in [0.2, 0.25) is 0 Å². The highest BCUT2D eigenvalue weighted by molar-refractivity contribution is 5.81. The van der Waals surface area contributed by atoms with E-state index in [1.54, 1.807) is 12.1 Å². The number of likely N-dealkylation sites (N-methyl/N-ethyl adjacent to an activating group) is 1. The Balaban J connectivity index is 1.90. The van der Waals surface area contributed by atoms with Crippen LogP contribution in [0.3, 0.4) is 0 Å². The Morgan fingerprint density at radius 3 is 2.27 bits per heavy atom. The number of hydrogen-bond acceptors (Lipinski definition) is 4. The van der Waals surface area contributed by atoms with E-state index in [9.17, 15) is 14.0 Å². The van der Waals surface area contributed by atoms with Crippen LogP contribution in [-0.4, -0.2) is 48.7 Å². The predicted molar refractivity (Wildman–Crippen MR) is 128 cm³/mol. The zero-order chi connectivity index (χ0) is 24.3. The number of alkyl carbamates (subject to hydrolysis) is 1.